The number of rotatable bonds is 4. The average molecular weight is 386 g/mol. The molecule has 7 nitrogen and oxygen atoms in total. The number of nitrogens with one attached hydrogen (secondary N) is 1. The number of sulfone groups is 1. The number of piperidine rings is 1. The third-order valence-corrected chi connectivity index (χ3v) is 8.32. The molecular formula is C16H22N2O5S2. The van der Waals surface area contributed by atoms with E-state index in [4.69, 9.17) is 0 Å². The summed E-state index contributed by atoms with van der Waals surface area (Å²) in [6.45, 7) is 1.06. The van der Waals surface area contributed by atoms with Gasteiger partial charge in [0.1, 0.15) is 0 Å². The van der Waals surface area contributed by atoms with Crippen molar-refractivity contribution < 1.29 is 21.6 Å². The topological polar surface area (TPSA) is 101 Å². The molecule has 0 saturated carbocycles. The molecule has 2 aliphatic rings. The second-order valence-corrected chi connectivity index (χ2v) is 10.7. The molecule has 1 N–H and O–H groups in total. The Labute approximate surface area is 148 Å². The standard InChI is InChI=1S/C16H22N2O5S2/c19-16(17-14-8-11-24(20,21)12-14)13-4-6-15(7-5-13)25(22,23)18-9-2-1-3-10-18/h4-7,14H,1-3,8-12H2,(H,17,19)/t14-/m1/s1. The summed E-state index contributed by atoms with van der Waals surface area (Å²) in [5.41, 5.74) is 0.321. The van der Waals surface area contributed by atoms with Crippen LogP contribution in [0.4, 0.5) is 0 Å². The van der Waals surface area contributed by atoms with Crippen molar-refractivity contribution in [2.45, 2.75) is 36.6 Å². The lowest BCUT2D eigenvalue weighted by Gasteiger charge is -2.25. The molecule has 1 aromatic rings. The van der Waals surface area contributed by atoms with Gasteiger partial charge >= 0.3 is 0 Å². The summed E-state index contributed by atoms with van der Waals surface area (Å²) >= 11 is 0. The summed E-state index contributed by atoms with van der Waals surface area (Å²) in [6, 6.07) is 5.42. The summed E-state index contributed by atoms with van der Waals surface area (Å²) in [5.74, 6) is -0.338. The smallest absolute Gasteiger partial charge is 0.251 e. The van der Waals surface area contributed by atoms with Crippen LogP contribution in [0.15, 0.2) is 29.2 Å². The van der Waals surface area contributed by atoms with Crippen LogP contribution < -0.4 is 5.32 Å². The normalized spacial score (nSPS) is 24.1. The number of hydrogen-bond donors (Lipinski definition) is 1. The second kappa shape index (κ2) is 7.05. The van der Waals surface area contributed by atoms with Crippen LogP contribution in [-0.2, 0) is 19.9 Å². The lowest BCUT2D eigenvalue weighted by molar-refractivity contribution is 0.0941. The zero-order chi connectivity index (χ0) is 18.1. The first-order valence-corrected chi connectivity index (χ1v) is 11.7. The van der Waals surface area contributed by atoms with E-state index < -0.39 is 19.9 Å². The number of nitrogens with zero attached hydrogens (tertiary/aromatic N) is 1. The maximum absolute atomic E-state index is 12.6. The Morgan fingerprint density at radius 2 is 1.72 bits per heavy atom. The maximum atomic E-state index is 12.6. The molecule has 2 saturated heterocycles. The highest BCUT2D eigenvalue weighted by Gasteiger charge is 2.29. The summed E-state index contributed by atoms with van der Waals surface area (Å²) in [7, 11) is -6.58. The molecule has 0 unspecified atom stereocenters. The lowest BCUT2D eigenvalue weighted by atomic mass is 10.2. The third-order valence-electron chi connectivity index (χ3n) is 4.64. The number of hydrogen-bond acceptors (Lipinski definition) is 5. The second-order valence-electron chi connectivity index (χ2n) is 6.56. The molecule has 3 rings (SSSR count). The summed E-state index contributed by atoms with van der Waals surface area (Å²) in [6.07, 6.45) is 3.19. The van der Waals surface area contributed by atoms with Gasteiger partial charge in [-0.3, -0.25) is 4.79 Å². The Balaban J connectivity index is 1.68. The van der Waals surface area contributed by atoms with Gasteiger partial charge in [0.15, 0.2) is 9.84 Å². The summed E-state index contributed by atoms with van der Waals surface area (Å²) < 4.78 is 49.5. The molecule has 1 aromatic carbocycles. The fourth-order valence-electron chi connectivity index (χ4n) is 3.21. The van der Waals surface area contributed by atoms with Crippen LogP contribution in [0.2, 0.25) is 0 Å². The monoisotopic (exact) mass is 386 g/mol. The molecule has 0 radical (unpaired) electrons. The molecule has 0 bridgehead atoms. The molecule has 9 heteroatoms. The van der Waals surface area contributed by atoms with Gasteiger partial charge in [0.2, 0.25) is 10.0 Å². The highest BCUT2D eigenvalue weighted by atomic mass is 32.2. The Hall–Kier alpha value is -1.45. The first kappa shape index (κ1) is 18.3. The molecule has 0 aromatic heterocycles. The molecule has 138 valence electrons. The van der Waals surface area contributed by atoms with Gasteiger partial charge in [-0.15, -0.1) is 0 Å². The first-order chi connectivity index (χ1) is 11.8. The van der Waals surface area contributed by atoms with Gasteiger partial charge in [-0.1, -0.05) is 6.42 Å². The van der Waals surface area contributed by atoms with Gasteiger partial charge in [0.05, 0.1) is 16.4 Å². The minimum Gasteiger partial charge on any atom is -0.348 e. The number of carbonyl (C=O) groups is 1. The van der Waals surface area contributed by atoms with E-state index in [1.165, 1.54) is 28.6 Å². The largest absolute Gasteiger partial charge is 0.348 e. The molecule has 1 amide bonds. The van der Waals surface area contributed by atoms with Crippen LogP contribution >= 0.6 is 0 Å². The van der Waals surface area contributed by atoms with Gasteiger partial charge < -0.3 is 5.32 Å². The van der Waals surface area contributed by atoms with Crippen molar-refractivity contribution in [3.05, 3.63) is 29.8 Å². The fraction of sp³-hybridized carbons (Fsp3) is 0.562. The Bertz CT molecular complexity index is 841. The minimum absolute atomic E-state index is 0.0415. The Morgan fingerprint density at radius 3 is 2.28 bits per heavy atom. The lowest BCUT2D eigenvalue weighted by Crippen LogP contribution is -2.36. The van der Waals surface area contributed by atoms with Crippen molar-refractivity contribution in [3.63, 3.8) is 0 Å². The van der Waals surface area contributed by atoms with E-state index in [-0.39, 0.29) is 28.4 Å². The van der Waals surface area contributed by atoms with E-state index in [0.29, 0.717) is 25.1 Å². The summed E-state index contributed by atoms with van der Waals surface area (Å²) in [5, 5.41) is 2.69. The van der Waals surface area contributed by atoms with Crippen LogP contribution in [0.3, 0.4) is 0 Å². The van der Waals surface area contributed by atoms with Crippen LogP contribution in [0.1, 0.15) is 36.0 Å². The average Bonchev–Trinajstić information content (AvgIpc) is 2.94. The van der Waals surface area contributed by atoms with E-state index in [9.17, 15) is 21.6 Å². The zero-order valence-corrected chi connectivity index (χ0v) is 15.5. The number of benzene rings is 1. The SMILES string of the molecule is O=C(N[C@@H]1CCS(=O)(=O)C1)c1ccc(S(=O)(=O)N2CCCCC2)cc1. The molecule has 25 heavy (non-hydrogen) atoms. The van der Waals surface area contributed by atoms with Crippen molar-refractivity contribution in [2.24, 2.45) is 0 Å². The van der Waals surface area contributed by atoms with Crippen molar-refractivity contribution in [1.82, 2.24) is 9.62 Å². The molecular weight excluding hydrogens is 364 g/mol. The number of carbonyl (C=O) groups excluding carboxylic acids is 1. The molecule has 2 heterocycles. The molecule has 2 fully saturated rings. The molecule has 0 aliphatic carbocycles. The summed E-state index contributed by atoms with van der Waals surface area (Å²) in [4.78, 5) is 12.4. The fourth-order valence-corrected chi connectivity index (χ4v) is 6.40. The first-order valence-electron chi connectivity index (χ1n) is 8.39. The number of sulfonamides is 1. The van der Waals surface area contributed by atoms with E-state index in [1.807, 2.05) is 0 Å². The van der Waals surface area contributed by atoms with E-state index in [1.54, 1.807) is 0 Å². The van der Waals surface area contributed by atoms with Crippen LogP contribution in [-0.4, -0.2) is 57.7 Å². The predicted octanol–water partition coefficient (Wildman–Crippen LogP) is 0.778. The van der Waals surface area contributed by atoms with Crippen LogP contribution in [0.5, 0.6) is 0 Å². The van der Waals surface area contributed by atoms with E-state index in [0.717, 1.165) is 19.3 Å². The minimum atomic E-state index is -3.52. The number of amides is 1. The van der Waals surface area contributed by atoms with E-state index >= 15 is 0 Å². The van der Waals surface area contributed by atoms with Gasteiger partial charge in [-0.05, 0) is 43.5 Å². The maximum Gasteiger partial charge on any atom is 0.251 e. The quantitative estimate of drug-likeness (QED) is 0.824. The van der Waals surface area contributed by atoms with Crippen molar-refractivity contribution in [1.29, 1.82) is 0 Å². The van der Waals surface area contributed by atoms with Crippen molar-refractivity contribution in [3.8, 4) is 0 Å². The molecule has 0 spiro atoms. The Morgan fingerprint density at radius 1 is 1.08 bits per heavy atom. The van der Waals surface area contributed by atoms with Crippen LogP contribution in [0, 0.1) is 0 Å². The van der Waals surface area contributed by atoms with Crippen molar-refractivity contribution >= 4 is 25.8 Å². The molecule has 2 aliphatic heterocycles. The van der Waals surface area contributed by atoms with E-state index in [2.05, 4.69) is 5.32 Å². The van der Waals surface area contributed by atoms with Crippen LogP contribution in [0.25, 0.3) is 0 Å². The predicted molar refractivity (Wildman–Crippen MR) is 93.6 cm³/mol. The van der Waals surface area contributed by atoms with Gasteiger partial charge in [0, 0.05) is 24.7 Å². The Kier molecular flexibility index (Phi) is 5.17. The molecule has 1 atom stereocenters. The third kappa shape index (κ3) is 4.21. The van der Waals surface area contributed by atoms with Gasteiger partial charge in [-0.25, -0.2) is 16.8 Å². The highest BCUT2D eigenvalue weighted by Crippen LogP contribution is 2.21. The van der Waals surface area contributed by atoms with Gasteiger partial charge in [0.25, 0.3) is 5.91 Å². The van der Waals surface area contributed by atoms with Crippen molar-refractivity contribution in [2.75, 3.05) is 24.6 Å². The highest BCUT2D eigenvalue weighted by molar-refractivity contribution is 7.91. The zero-order valence-electron chi connectivity index (χ0n) is 13.8. The van der Waals surface area contributed by atoms with Gasteiger partial charge in [-0.2, -0.15) is 4.31 Å².